The summed E-state index contributed by atoms with van der Waals surface area (Å²) in [6, 6.07) is 6.26. The van der Waals surface area contributed by atoms with Gasteiger partial charge in [0.2, 0.25) is 0 Å². The summed E-state index contributed by atoms with van der Waals surface area (Å²) in [4.78, 5) is 7.97. The summed E-state index contributed by atoms with van der Waals surface area (Å²) in [5.41, 5.74) is 1.22. The Hall–Kier alpha value is -0.910. The van der Waals surface area contributed by atoms with Crippen LogP contribution >= 0.6 is 27.3 Å². The second kappa shape index (κ2) is 6.31. The van der Waals surface area contributed by atoms with Gasteiger partial charge in [0.1, 0.15) is 5.82 Å². The predicted molar refractivity (Wildman–Crippen MR) is 81.0 cm³/mol. The molecule has 0 spiro atoms. The van der Waals surface area contributed by atoms with Crippen molar-refractivity contribution in [3.05, 3.63) is 44.7 Å². The van der Waals surface area contributed by atoms with Gasteiger partial charge in [-0.3, -0.25) is 4.90 Å². The standard InChI is InChI=1S/C13H16BrN3S/c1-15-13-10(4-3-5-16-13)7-17(2)8-12-6-11(14)9-18-12/h3-6,9H,7-8H2,1-2H3,(H,15,16). The van der Waals surface area contributed by atoms with E-state index in [-0.39, 0.29) is 0 Å². The van der Waals surface area contributed by atoms with E-state index in [1.165, 1.54) is 10.4 Å². The lowest BCUT2D eigenvalue weighted by Crippen LogP contribution is -2.17. The van der Waals surface area contributed by atoms with Gasteiger partial charge in [0.25, 0.3) is 0 Å². The number of nitrogens with zero attached hydrogens (tertiary/aromatic N) is 2. The van der Waals surface area contributed by atoms with Crippen LogP contribution < -0.4 is 5.32 Å². The number of aromatic nitrogens is 1. The molecule has 2 aromatic rings. The van der Waals surface area contributed by atoms with Crippen LogP contribution in [0.2, 0.25) is 0 Å². The van der Waals surface area contributed by atoms with E-state index in [0.717, 1.165) is 23.4 Å². The van der Waals surface area contributed by atoms with E-state index in [2.05, 4.69) is 55.7 Å². The number of halogens is 1. The van der Waals surface area contributed by atoms with Crippen LogP contribution in [0.3, 0.4) is 0 Å². The molecule has 0 aliphatic rings. The van der Waals surface area contributed by atoms with Gasteiger partial charge < -0.3 is 5.32 Å². The lowest BCUT2D eigenvalue weighted by molar-refractivity contribution is 0.322. The molecule has 0 aliphatic heterocycles. The smallest absolute Gasteiger partial charge is 0.130 e. The molecule has 0 amide bonds. The SMILES string of the molecule is CNc1ncccc1CN(C)Cc1cc(Br)cs1. The minimum absolute atomic E-state index is 0.888. The van der Waals surface area contributed by atoms with Crippen LogP contribution in [-0.4, -0.2) is 24.0 Å². The molecule has 0 atom stereocenters. The van der Waals surface area contributed by atoms with Crippen molar-refractivity contribution in [1.29, 1.82) is 0 Å². The number of hydrogen-bond donors (Lipinski definition) is 1. The summed E-state index contributed by atoms with van der Waals surface area (Å²) in [6.45, 7) is 1.84. The van der Waals surface area contributed by atoms with Gasteiger partial charge in [0.15, 0.2) is 0 Å². The van der Waals surface area contributed by atoms with Crippen LogP contribution in [0.25, 0.3) is 0 Å². The highest BCUT2D eigenvalue weighted by Crippen LogP contribution is 2.22. The zero-order valence-corrected chi connectivity index (χ0v) is 12.9. The highest BCUT2D eigenvalue weighted by Gasteiger charge is 2.07. The largest absolute Gasteiger partial charge is 0.373 e. The Morgan fingerprint density at radius 3 is 2.94 bits per heavy atom. The maximum absolute atomic E-state index is 4.32. The highest BCUT2D eigenvalue weighted by atomic mass is 79.9. The quantitative estimate of drug-likeness (QED) is 0.910. The summed E-state index contributed by atoms with van der Waals surface area (Å²) < 4.78 is 1.16. The van der Waals surface area contributed by atoms with Crippen molar-refractivity contribution in [3.8, 4) is 0 Å². The van der Waals surface area contributed by atoms with Gasteiger partial charge in [-0.1, -0.05) is 6.07 Å². The molecule has 2 rings (SSSR count). The molecule has 2 aromatic heterocycles. The summed E-state index contributed by atoms with van der Waals surface area (Å²) in [5.74, 6) is 0.955. The lowest BCUT2D eigenvalue weighted by Gasteiger charge is -2.17. The Kier molecular flexibility index (Phi) is 4.74. The van der Waals surface area contributed by atoms with E-state index in [1.807, 2.05) is 19.3 Å². The topological polar surface area (TPSA) is 28.2 Å². The molecular weight excluding hydrogens is 310 g/mol. The van der Waals surface area contributed by atoms with E-state index in [4.69, 9.17) is 0 Å². The first kappa shape index (κ1) is 13.5. The van der Waals surface area contributed by atoms with Crippen LogP contribution in [0.5, 0.6) is 0 Å². The van der Waals surface area contributed by atoms with Gasteiger partial charge in [-0.05, 0) is 35.1 Å². The summed E-state index contributed by atoms with van der Waals surface area (Å²) in [5, 5.41) is 5.24. The summed E-state index contributed by atoms with van der Waals surface area (Å²) >= 11 is 5.26. The fourth-order valence-electron chi connectivity index (χ4n) is 1.84. The number of rotatable bonds is 5. The number of anilines is 1. The molecule has 2 heterocycles. The third-order valence-electron chi connectivity index (χ3n) is 2.62. The molecule has 0 aliphatic carbocycles. The number of thiophene rings is 1. The van der Waals surface area contributed by atoms with Crippen molar-refractivity contribution in [2.75, 3.05) is 19.4 Å². The molecule has 5 heteroatoms. The van der Waals surface area contributed by atoms with Crippen molar-refractivity contribution in [2.45, 2.75) is 13.1 Å². The Labute approximate surface area is 120 Å². The molecule has 1 N–H and O–H groups in total. The minimum atomic E-state index is 0.888. The molecule has 0 unspecified atom stereocenters. The second-order valence-electron chi connectivity index (χ2n) is 4.16. The van der Waals surface area contributed by atoms with Crippen LogP contribution in [0, 0.1) is 0 Å². The summed E-state index contributed by atoms with van der Waals surface area (Å²) in [7, 11) is 4.03. The molecule has 0 saturated carbocycles. The first-order chi connectivity index (χ1) is 8.69. The zero-order valence-electron chi connectivity index (χ0n) is 10.5. The van der Waals surface area contributed by atoms with E-state index in [0.29, 0.717) is 0 Å². The fourth-order valence-corrected chi connectivity index (χ4v) is 3.37. The van der Waals surface area contributed by atoms with E-state index >= 15 is 0 Å². The maximum Gasteiger partial charge on any atom is 0.130 e. The van der Waals surface area contributed by atoms with Crippen molar-refractivity contribution in [2.24, 2.45) is 0 Å². The van der Waals surface area contributed by atoms with Gasteiger partial charge in [-0.2, -0.15) is 0 Å². The Bertz CT molecular complexity index is 512. The van der Waals surface area contributed by atoms with Crippen LogP contribution in [0.15, 0.2) is 34.2 Å². The fraction of sp³-hybridized carbons (Fsp3) is 0.308. The van der Waals surface area contributed by atoms with E-state index < -0.39 is 0 Å². The Morgan fingerprint density at radius 1 is 1.44 bits per heavy atom. The molecule has 0 saturated heterocycles. The second-order valence-corrected chi connectivity index (χ2v) is 6.08. The van der Waals surface area contributed by atoms with Gasteiger partial charge in [-0.25, -0.2) is 4.98 Å². The predicted octanol–water partition coefficient (Wildman–Crippen LogP) is 3.58. The Balaban J connectivity index is 2.00. The molecular formula is C13H16BrN3S. The monoisotopic (exact) mass is 325 g/mol. The molecule has 96 valence electrons. The average molecular weight is 326 g/mol. The van der Waals surface area contributed by atoms with Crippen molar-refractivity contribution in [1.82, 2.24) is 9.88 Å². The van der Waals surface area contributed by atoms with Gasteiger partial charge in [0.05, 0.1) is 0 Å². The van der Waals surface area contributed by atoms with E-state index in [1.54, 1.807) is 11.3 Å². The molecule has 0 fully saturated rings. The number of pyridine rings is 1. The molecule has 0 bridgehead atoms. The first-order valence-corrected chi connectivity index (χ1v) is 7.39. The number of nitrogens with one attached hydrogen (secondary N) is 1. The van der Waals surface area contributed by atoms with Gasteiger partial charge in [-0.15, -0.1) is 11.3 Å². The molecule has 0 aromatic carbocycles. The lowest BCUT2D eigenvalue weighted by atomic mass is 10.2. The van der Waals surface area contributed by atoms with Crippen molar-refractivity contribution >= 4 is 33.1 Å². The summed E-state index contributed by atoms with van der Waals surface area (Å²) in [6.07, 6.45) is 1.81. The highest BCUT2D eigenvalue weighted by molar-refractivity contribution is 9.10. The Morgan fingerprint density at radius 2 is 2.28 bits per heavy atom. The average Bonchev–Trinajstić information content (AvgIpc) is 2.75. The van der Waals surface area contributed by atoms with Gasteiger partial charge in [0, 0.05) is 46.6 Å². The van der Waals surface area contributed by atoms with Gasteiger partial charge >= 0.3 is 0 Å². The normalized spacial score (nSPS) is 10.9. The van der Waals surface area contributed by atoms with Crippen molar-refractivity contribution < 1.29 is 0 Å². The molecule has 0 radical (unpaired) electrons. The third-order valence-corrected chi connectivity index (χ3v) is 4.30. The third kappa shape index (κ3) is 3.54. The molecule has 18 heavy (non-hydrogen) atoms. The molecule has 3 nitrogen and oxygen atoms in total. The minimum Gasteiger partial charge on any atom is -0.373 e. The van der Waals surface area contributed by atoms with Crippen molar-refractivity contribution in [3.63, 3.8) is 0 Å². The zero-order chi connectivity index (χ0) is 13.0. The van der Waals surface area contributed by atoms with Crippen LogP contribution in [0.4, 0.5) is 5.82 Å². The van der Waals surface area contributed by atoms with Crippen LogP contribution in [0.1, 0.15) is 10.4 Å². The maximum atomic E-state index is 4.32. The first-order valence-electron chi connectivity index (χ1n) is 5.72. The van der Waals surface area contributed by atoms with Crippen LogP contribution in [-0.2, 0) is 13.1 Å². The number of hydrogen-bond acceptors (Lipinski definition) is 4. The van der Waals surface area contributed by atoms with E-state index in [9.17, 15) is 0 Å².